The van der Waals surface area contributed by atoms with E-state index < -0.39 is 11.7 Å². The Labute approximate surface area is 147 Å². The maximum Gasteiger partial charge on any atom is 0.260 e. The molecule has 0 bridgehead atoms. The van der Waals surface area contributed by atoms with Gasteiger partial charge in [0.05, 0.1) is 28.7 Å². The fourth-order valence-electron chi connectivity index (χ4n) is 2.08. The molecule has 0 unspecified atom stereocenters. The van der Waals surface area contributed by atoms with E-state index >= 15 is 0 Å². The topological polar surface area (TPSA) is 54.9 Å². The number of carbonyl (C=O) groups excluding carboxylic acids is 1. The van der Waals surface area contributed by atoms with Crippen LogP contribution in [0.15, 0.2) is 54.9 Å². The molecule has 24 heavy (non-hydrogen) atoms. The van der Waals surface area contributed by atoms with E-state index in [9.17, 15) is 9.18 Å². The van der Waals surface area contributed by atoms with Crippen LogP contribution in [0.5, 0.6) is 0 Å². The molecule has 0 saturated carbocycles. The fraction of sp³-hybridized carbons (Fsp3) is 0. The van der Waals surface area contributed by atoms with Gasteiger partial charge in [-0.05, 0) is 24.3 Å². The number of amides is 1. The number of carbonyl (C=O) groups is 1. The van der Waals surface area contributed by atoms with Crippen LogP contribution in [0, 0.1) is 5.82 Å². The standard InChI is InChI=1S/C17H10Cl2FN3O/c18-11-4-1-3-10(7-11)16-21-8-12(9-22-16)23-17(24)15-13(19)5-2-6-14(15)20/h1-9H,(H,23,24). The number of halogens is 3. The number of nitrogens with one attached hydrogen (secondary N) is 1. The Kier molecular flexibility index (Phi) is 4.74. The van der Waals surface area contributed by atoms with Crippen molar-refractivity contribution in [3.63, 3.8) is 0 Å². The van der Waals surface area contributed by atoms with Crippen LogP contribution in [0.2, 0.25) is 10.0 Å². The van der Waals surface area contributed by atoms with Crippen molar-refractivity contribution in [2.24, 2.45) is 0 Å². The van der Waals surface area contributed by atoms with Gasteiger partial charge in [0.2, 0.25) is 0 Å². The summed E-state index contributed by atoms with van der Waals surface area (Å²) >= 11 is 11.8. The van der Waals surface area contributed by atoms with Crippen LogP contribution >= 0.6 is 23.2 Å². The molecule has 0 saturated heterocycles. The predicted molar refractivity (Wildman–Crippen MR) is 91.8 cm³/mol. The Bertz CT molecular complexity index is 880. The molecule has 0 atom stereocenters. The number of hydrogen-bond acceptors (Lipinski definition) is 3. The van der Waals surface area contributed by atoms with Crippen LogP contribution in [0.3, 0.4) is 0 Å². The lowest BCUT2D eigenvalue weighted by Crippen LogP contribution is -2.14. The monoisotopic (exact) mass is 361 g/mol. The van der Waals surface area contributed by atoms with Gasteiger partial charge in [0, 0.05) is 10.6 Å². The van der Waals surface area contributed by atoms with E-state index in [1.807, 2.05) is 6.07 Å². The molecule has 0 spiro atoms. The van der Waals surface area contributed by atoms with Crippen molar-refractivity contribution >= 4 is 34.8 Å². The molecule has 1 heterocycles. The molecule has 1 N–H and O–H groups in total. The second-order valence-corrected chi connectivity index (χ2v) is 5.70. The Morgan fingerprint density at radius 2 is 1.75 bits per heavy atom. The third-order valence-corrected chi connectivity index (χ3v) is 3.73. The fourth-order valence-corrected chi connectivity index (χ4v) is 2.52. The van der Waals surface area contributed by atoms with Crippen LogP contribution in [-0.2, 0) is 0 Å². The lowest BCUT2D eigenvalue weighted by Gasteiger charge is -2.08. The Balaban J connectivity index is 1.81. The van der Waals surface area contributed by atoms with Crippen LogP contribution in [-0.4, -0.2) is 15.9 Å². The number of rotatable bonds is 3. The van der Waals surface area contributed by atoms with Gasteiger partial charge in [0.25, 0.3) is 5.91 Å². The highest BCUT2D eigenvalue weighted by atomic mass is 35.5. The van der Waals surface area contributed by atoms with Gasteiger partial charge in [-0.2, -0.15) is 0 Å². The maximum atomic E-state index is 13.7. The van der Waals surface area contributed by atoms with Crippen molar-refractivity contribution in [2.75, 3.05) is 5.32 Å². The molecule has 4 nitrogen and oxygen atoms in total. The van der Waals surface area contributed by atoms with E-state index in [2.05, 4.69) is 15.3 Å². The summed E-state index contributed by atoms with van der Waals surface area (Å²) in [6, 6.07) is 11.1. The molecule has 0 aliphatic heterocycles. The van der Waals surface area contributed by atoms with E-state index in [-0.39, 0.29) is 10.6 Å². The van der Waals surface area contributed by atoms with Gasteiger partial charge in [-0.3, -0.25) is 4.79 Å². The van der Waals surface area contributed by atoms with E-state index in [1.54, 1.807) is 18.2 Å². The molecule has 0 radical (unpaired) electrons. The van der Waals surface area contributed by atoms with Gasteiger partial charge in [0.1, 0.15) is 5.82 Å². The molecule has 120 valence electrons. The maximum absolute atomic E-state index is 13.7. The van der Waals surface area contributed by atoms with Crippen molar-refractivity contribution < 1.29 is 9.18 Å². The van der Waals surface area contributed by atoms with Crippen molar-refractivity contribution in [2.45, 2.75) is 0 Å². The predicted octanol–water partition coefficient (Wildman–Crippen LogP) is 4.84. The lowest BCUT2D eigenvalue weighted by molar-refractivity contribution is 0.102. The molecule has 1 aromatic heterocycles. The molecule has 0 aliphatic rings. The molecule has 3 rings (SSSR count). The second-order valence-electron chi connectivity index (χ2n) is 4.86. The third kappa shape index (κ3) is 3.53. The lowest BCUT2D eigenvalue weighted by atomic mass is 10.2. The zero-order chi connectivity index (χ0) is 17.1. The molecular weight excluding hydrogens is 352 g/mol. The summed E-state index contributed by atoms with van der Waals surface area (Å²) in [6.45, 7) is 0. The van der Waals surface area contributed by atoms with E-state index in [4.69, 9.17) is 23.2 Å². The van der Waals surface area contributed by atoms with E-state index in [0.717, 1.165) is 5.56 Å². The zero-order valence-corrected chi connectivity index (χ0v) is 13.6. The number of aromatic nitrogens is 2. The molecule has 3 aromatic rings. The third-order valence-electron chi connectivity index (χ3n) is 3.18. The summed E-state index contributed by atoms with van der Waals surface area (Å²) in [4.78, 5) is 20.5. The summed E-state index contributed by atoms with van der Waals surface area (Å²) in [7, 11) is 0. The highest BCUT2D eigenvalue weighted by Gasteiger charge is 2.16. The summed E-state index contributed by atoms with van der Waals surface area (Å²) < 4.78 is 13.7. The largest absolute Gasteiger partial charge is 0.319 e. The van der Waals surface area contributed by atoms with Gasteiger partial charge in [0.15, 0.2) is 5.82 Å². The van der Waals surface area contributed by atoms with Gasteiger partial charge < -0.3 is 5.32 Å². The van der Waals surface area contributed by atoms with Crippen LogP contribution in [0.1, 0.15) is 10.4 Å². The Hall–Kier alpha value is -2.50. The normalized spacial score (nSPS) is 10.5. The van der Waals surface area contributed by atoms with E-state index in [0.29, 0.717) is 16.5 Å². The van der Waals surface area contributed by atoms with Gasteiger partial charge >= 0.3 is 0 Å². The molecular formula is C17H10Cl2FN3O. The summed E-state index contributed by atoms with van der Waals surface area (Å²) in [5.41, 5.74) is 0.848. The average molecular weight is 362 g/mol. The minimum absolute atomic E-state index is 0.0314. The van der Waals surface area contributed by atoms with Crippen LogP contribution < -0.4 is 5.32 Å². The first-order valence-corrected chi connectivity index (χ1v) is 7.63. The van der Waals surface area contributed by atoms with E-state index in [1.165, 1.54) is 30.6 Å². The quantitative estimate of drug-likeness (QED) is 0.725. The summed E-state index contributed by atoms with van der Waals surface area (Å²) in [6.07, 6.45) is 2.85. The Morgan fingerprint density at radius 1 is 1.04 bits per heavy atom. The van der Waals surface area contributed by atoms with Gasteiger partial charge in [-0.15, -0.1) is 0 Å². The minimum atomic E-state index is -0.698. The minimum Gasteiger partial charge on any atom is -0.319 e. The van der Waals surface area contributed by atoms with Gasteiger partial charge in [-0.25, -0.2) is 14.4 Å². The van der Waals surface area contributed by atoms with Crippen LogP contribution in [0.25, 0.3) is 11.4 Å². The number of nitrogens with zero attached hydrogens (tertiary/aromatic N) is 2. The zero-order valence-electron chi connectivity index (χ0n) is 12.1. The first-order chi connectivity index (χ1) is 11.5. The average Bonchev–Trinajstić information content (AvgIpc) is 2.55. The molecule has 7 heteroatoms. The van der Waals surface area contributed by atoms with Gasteiger partial charge in [-0.1, -0.05) is 41.4 Å². The molecule has 2 aromatic carbocycles. The van der Waals surface area contributed by atoms with Crippen molar-refractivity contribution in [3.8, 4) is 11.4 Å². The first kappa shape index (κ1) is 16.4. The molecule has 0 aliphatic carbocycles. The second kappa shape index (κ2) is 6.95. The summed E-state index contributed by atoms with van der Waals surface area (Å²) in [5, 5.41) is 3.12. The van der Waals surface area contributed by atoms with Crippen molar-refractivity contribution in [1.29, 1.82) is 0 Å². The first-order valence-electron chi connectivity index (χ1n) is 6.88. The van der Waals surface area contributed by atoms with Crippen LogP contribution in [0.4, 0.5) is 10.1 Å². The summed E-state index contributed by atoms with van der Waals surface area (Å²) in [5.74, 6) is -0.909. The smallest absolute Gasteiger partial charge is 0.260 e. The highest BCUT2D eigenvalue weighted by Crippen LogP contribution is 2.22. The SMILES string of the molecule is O=C(Nc1cnc(-c2cccc(Cl)c2)nc1)c1c(F)cccc1Cl. The van der Waals surface area contributed by atoms with Crippen molar-refractivity contribution in [1.82, 2.24) is 9.97 Å². The number of benzene rings is 2. The number of anilines is 1. The Morgan fingerprint density at radius 3 is 2.42 bits per heavy atom. The molecule has 0 fully saturated rings. The molecule has 1 amide bonds. The van der Waals surface area contributed by atoms with Crippen molar-refractivity contribution in [3.05, 3.63) is 76.3 Å². The highest BCUT2D eigenvalue weighted by molar-refractivity contribution is 6.34. The number of hydrogen-bond donors (Lipinski definition) is 1.